The van der Waals surface area contributed by atoms with Crippen molar-refractivity contribution in [3.63, 3.8) is 0 Å². The molecule has 0 radical (unpaired) electrons. The topological polar surface area (TPSA) is 75.6 Å². The highest BCUT2D eigenvalue weighted by Crippen LogP contribution is 2.43. The van der Waals surface area contributed by atoms with Gasteiger partial charge in [-0.2, -0.15) is 0 Å². The molecule has 1 aliphatic rings. The third-order valence-corrected chi connectivity index (χ3v) is 4.45. The molecule has 0 heterocycles. The molecule has 1 amide bonds. The monoisotopic (exact) mass is 305 g/mol. The highest BCUT2D eigenvalue weighted by atomic mass is 16.5. The Morgan fingerprint density at radius 3 is 2.45 bits per heavy atom. The van der Waals surface area contributed by atoms with Crippen LogP contribution in [0.5, 0.6) is 5.75 Å². The number of benzene rings is 1. The fourth-order valence-corrected chi connectivity index (χ4v) is 2.75. The Balaban J connectivity index is 1.75. The second kappa shape index (κ2) is 7.29. The number of carbonyl (C=O) groups excluding carboxylic acids is 1. The first-order chi connectivity index (χ1) is 10.6. The van der Waals surface area contributed by atoms with Crippen LogP contribution in [0.15, 0.2) is 24.3 Å². The van der Waals surface area contributed by atoms with Gasteiger partial charge in [-0.15, -0.1) is 0 Å². The van der Waals surface area contributed by atoms with Crippen LogP contribution in [0.2, 0.25) is 0 Å². The summed E-state index contributed by atoms with van der Waals surface area (Å²) in [4.78, 5) is 22.6. The fraction of sp³-hybridized carbons (Fsp3) is 0.529. The predicted molar refractivity (Wildman–Crippen MR) is 82.9 cm³/mol. The Labute approximate surface area is 130 Å². The van der Waals surface area contributed by atoms with Gasteiger partial charge in [0.15, 0.2) is 6.61 Å². The molecule has 5 nitrogen and oxygen atoms in total. The van der Waals surface area contributed by atoms with Gasteiger partial charge in [0.05, 0.1) is 0 Å². The van der Waals surface area contributed by atoms with Gasteiger partial charge in [0.25, 0.3) is 0 Å². The molecule has 5 heteroatoms. The number of nitrogens with one attached hydrogen (secondary N) is 1. The number of ether oxygens (including phenoxy) is 1. The Hall–Kier alpha value is -2.04. The minimum absolute atomic E-state index is 0.117. The van der Waals surface area contributed by atoms with Gasteiger partial charge in [-0.3, -0.25) is 4.79 Å². The van der Waals surface area contributed by atoms with Crippen molar-refractivity contribution >= 4 is 11.9 Å². The molecule has 0 aromatic heterocycles. The molecule has 2 N–H and O–H groups in total. The molecule has 0 unspecified atom stereocenters. The van der Waals surface area contributed by atoms with Crippen LogP contribution in [0.25, 0.3) is 0 Å². The zero-order chi connectivity index (χ0) is 16.0. The molecule has 0 spiro atoms. The lowest BCUT2D eigenvalue weighted by Gasteiger charge is -2.39. The molecule has 0 aliphatic heterocycles. The molecule has 120 valence electrons. The summed E-state index contributed by atoms with van der Waals surface area (Å²) in [6.07, 6.45) is 4.83. The van der Waals surface area contributed by atoms with Gasteiger partial charge < -0.3 is 15.2 Å². The summed E-state index contributed by atoms with van der Waals surface area (Å²) in [6, 6.07) is 7.28. The highest BCUT2D eigenvalue weighted by Gasteiger charge is 2.41. The molecule has 1 aromatic carbocycles. The molecule has 1 aromatic rings. The number of carboxylic acids is 1. The van der Waals surface area contributed by atoms with Crippen LogP contribution < -0.4 is 10.1 Å². The number of carboxylic acid groups (broad SMARTS) is 1. The second-order valence-corrected chi connectivity index (χ2v) is 5.82. The highest BCUT2D eigenvalue weighted by molar-refractivity contribution is 5.83. The number of carbonyl (C=O) groups is 2. The van der Waals surface area contributed by atoms with Gasteiger partial charge in [-0.25, -0.2) is 4.79 Å². The van der Waals surface area contributed by atoms with E-state index in [-0.39, 0.29) is 17.9 Å². The van der Waals surface area contributed by atoms with Gasteiger partial charge >= 0.3 is 5.97 Å². The Kier molecular flexibility index (Phi) is 5.41. The van der Waals surface area contributed by atoms with E-state index in [9.17, 15) is 9.59 Å². The number of aliphatic carboxylic acids is 1. The lowest BCUT2D eigenvalue weighted by atomic mass is 9.66. The van der Waals surface area contributed by atoms with Crippen molar-refractivity contribution in [2.75, 3.05) is 13.2 Å². The van der Waals surface area contributed by atoms with Crippen LogP contribution in [0.4, 0.5) is 0 Å². The molecule has 0 atom stereocenters. The van der Waals surface area contributed by atoms with Gasteiger partial charge in [-0.1, -0.05) is 25.5 Å². The number of amides is 1. The van der Waals surface area contributed by atoms with Crippen LogP contribution in [-0.4, -0.2) is 30.1 Å². The number of rotatable bonds is 8. The summed E-state index contributed by atoms with van der Waals surface area (Å²) in [6.45, 7) is 2.36. The van der Waals surface area contributed by atoms with Crippen molar-refractivity contribution < 1.29 is 19.4 Å². The Morgan fingerprint density at radius 2 is 1.95 bits per heavy atom. The summed E-state index contributed by atoms with van der Waals surface area (Å²) in [5.41, 5.74) is 0.969. The second-order valence-electron chi connectivity index (χ2n) is 5.82. The van der Waals surface area contributed by atoms with Crippen LogP contribution in [0.3, 0.4) is 0 Å². The van der Waals surface area contributed by atoms with Crippen molar-refractivity contribution in [1.82, 2.24) is 5.32 Å². The SMILES string of the molecule is CCC1(C(=O)NCCc2ccc(OCC(=O)O)cc2)CCC1. The van der Waals surface area contributed by atoms with Crippen molar-refractivity contribution in [1.29, 1.82) is 0 Å². The Bertz CT molecular complexity index is 514. The maximum absolute atomic E-state index is 12.2. The van der Waals surface area contributed by atoms with E-state index >= 15 is 0 Å². The summed E-state index contributed by atoms with van der Waals surface area (Å²) in [5, 5.41) is 11.6. The van der Waals surface area contributed by atoms with E-state index in [0.717, 1.165) is 37.7 Å². The first-order valence-corrected chi connectivity index (χ1v) is 7.77. The average molecular weight is 305 g/mol. The Morgan fingerprint density at radius 1 is 1.27 bits per heavy atom. The van der Waals surface area contributed by atoms with Crippen molar-refractivity contribution in [3.8, 4) is 5.75 Å². The standard InChI is InChI=1S/C17H23NO4/c1-2-17(9-3-10-17)16(21)18-11-8-13-4-6-14(7-5-13)22-12-15(19)20/h4-7H,2-3,8-12H2,1H3,(H,18,21)(H,19,20). The van der Waals surface area contributed by atoms with Crippen LogP contribution in [0, 0.1) is 5.41 Å². The van der Waals surface area contributed by atoms with E-state index in [1.165, 1.54) is 0 Å². The first-order valence-electron chi connectivity index (χ1n) is 7.77. The summed E-state index contributed by atoms with van der Waals surface area (Å²) in [5.74, 6) is -0.273. The van der Waals surface area contributed by atoms with Gasteiger partial charge in [0, 0.05) is 12.0 Å². The van der Waals surface area contributed by atoms with Crippen molar-refractivity contribution in [3.05, 3.63) is 29.8 Å². The van der Waals surface area contributed by atoms with Gasteiger partial charge in [0.1, 0.15) is 5.75 Å². The minimum Gasteiger partial charge on any atom is -0.482 e. The summed E-state index contributed by atoms with van der Waals surface area (Å²) in [7, 11) is 0. The molecule has 0 saturated heterocycles. The predicted octanol–water partition coefficient (Wildman–Crippen LogP) is 2.39. The van der Waals surface area contributed by atoms with E-state index < -0.39 is 5.97 Å². The molecule has 1 saturated carbocycles. The van der Waals surface area contributed by atoms with Gasteiger partial charge in [0.2, 0.25) is 5.91 Å². The van der Waals surface area contributed by atoms with E-state index in [1.807, 2.05) is 12.1 Å². The zero-order valence-corrected chi connectivity index (χ0v) is 12.9. The zero-order valence-electron chi connectivity index (χ0n) is 12.9. The lowest BCUT2D eigenvalue weighted by Crippen LogP contribution is -2.45. The van der Waals surface area contributed by atoms with Crippen molar-refractivity contribution in [2.45, 2.75) is 39.0 Å². The molecule has 1 aliphatic carbocycles. The third kappa shape index (κ3) is 4.00. The quantitative estimate of drug-likeness (QED) is 0.773. The molecular formula is C17H23NO4. The van der Waals surface area contributed by atoms with E-state index in [1.54, 1.807) is 12.1 Å². The maximum Gasteiger partial charge on any atom is 0.341 e. The largest absolute Gasteiger partial charge is 0.482 e. The molecular weight excluding hydrogens is 282 g/mol. The number of hydrogen-bond acceptors (Lipinski definition) is 3. The first kappa shape index (κ1) is 16.3. The molecule has 1 fully saturated rings. The molecule has 2 rings (SSSR count). The van der Waals surface area contributed by atoms with Crippen LogP contribution in [0.1, 0.15) is 38.2 Å². The normalized spacial score (nSPS) is 15.7. The lowest BCUT2D eigenvalue weighted by molar-refractivity contribution is -0.139. The summed E-state index contributed by atoms with van der Waals surface area (Å²) < 4.78 is 5.08. The average Bonchev–Trinajstić information content (AvgIpc) is 2.46. The molecule has 0 bridgehead atoms. The van der Waals surface area contributed by atoms with E-state index in [0.29, 0.717) is 12.3 Å². The third-order valence-electron chi connectivity index (χ3n) is 4.45. The van der Waals surface area contributed by atoms with Crippen molar-refractivity contribution in [2.24, 2.45) is 5.41 Å². The van der Waals surface area contributed by atoms with Crippen LogP contribution >= 0.6 is 0 Å². The molecule has 22 heavy (non-hydrogen) atoms. The van der Waals surface area contributed by atoms with E-state index in [2.05, 4.69) is 12.2 Å². The fourth-order valence-electron chi connectivity index (χ4n) is 2.75. The van der Waals surface area contributed by atoms with E-state index in [4.69, 9.17) is 9.84 Å². The number of hydrogen-bond donors (Lipinski definition) is 2. The minimum atomic E-state index is -0.993. The maximum atomic E-state index is 12.2. The van der Waals surface area contributed by atoms with Crippen LogP contribution in [-0.2, 0) is 16.0 Å². The summed E-state index contributed by atoms with van der Waals surface area (Å²) >= 11 is 0. The van der Waals surface area contributed by atoms with Gasteiger partial charge in [-0.05, 0) is 43.4 Å². The smallest absolute Gasteiger partial charge is 0.341 e.